The number of ether oxygens (including phenoxy) is 1. The van der Waals surface area contributed by atoms with Gasteiger partial charge in [-0.1, -0.05) is 0 Å². The van der Waals surface area contributed by atoms with Crippen molar-refractivity contribution in [1.82, 2.24) is 0 Å². The summed E-state index contributed by atoms with van der Waals surface area (Å²) in [6.45, 7) is 0. The number of halogens is 3. The Labute approximate surface area is 87.5 Å². The first-order valence-electron chi connectivity index (χ1n) is 4.30. The van der Waals surface area contributed by atoms with E-state index in [0.29, 0.717) is 0 Å². The molecule has 0 aromatic heterocycles. The molecular formula is C7H11F3O6. The Kier molecular flexibility index (Phi) is 3.77. The molecule has 1 aliphatic rings. The lowest BCUT2D eigenvalue weighted by Gasteiger charge is -2.41. The second-order valence-corrected chi connectivity index (χ2v) is 3.48. The molecule has 0 amide bonds. The summed E-state index contributed by atoms with van der Waals surface area (Å²) < 4.78 is 39.0. The zero-order valence-electron chi connectivity index (χ0n) is 7.74. The van der Waals surface area contributed by atoms with Gasteiger partial charge in [0.25, 0.3) is 0 Å². The molecule has 6 nitrogen and oxygen atoms in total. The fraction of sp³-hybridized carbons (Fsp3) is 1.00. The Balaban J connectivity index is 2.83. The number of aliphatic hydroxyl groups is 5. The lowest BCUT2D eigenvalue weighted by atomic mass is 9.85. The maximum atomic E-state index is 11.9. The van der Waals surface area contributed by atoms with E-state index >= 15 is 0 Å². The van der Waals surface area contributed by atoms with E-state index in [1.165, 1.54) is 0 Å². The predicted octanol–water partition coefficient (Wildman–Crippen LogP) is -2.29. The molecule has 0 heterocycles. The van der Waals surface area contributed by atoms with Crippen molar-refractivity contribution >= 4 is 0 Å². The van der Waals surface area contributed by atoms with Gasteiger partial charge >= 0.3 is 6.36 Å². The molecule has 1 rings (SSSR count). The van der Waals surface area contributed by atoms with Crippen molar-refractivity contribution < 1.29 is 43.4 Å². The maximum absolute atomic E-state index is 11.9. The van der Waals surface area contributed by atoms with Crippen molar-refractivity contribution in [2.24, 2.45) is 0 Å². The van der Waals surface area contributed by atoms with E-state index in [0.717, 1.165) is 0 Å². The SMILES string of the molecule is OC1C(O)C(O)C(OC(F)(F)F)C(O)C1O. The molecule has 0 saturated heterocycles. The van der Waals surface area contributed by atoms with Crippen LogP contribution in [-0.4, -0.2) is 68.5 Å². The maximum Gasteiger partial charge on any atom is 0.522 e. The van der Waals surface area contributed by atoms with Crippen LogP contribution in [0.2, 0.25) is 0 Å². The molecule has 9 heteroatoms. The van der Waals surface area contributed by atoms with Gasteiger partial charge < -0.3 is 25.5 Å². The third-order valence-corrected chi connectivity index (χ3v) is 2.34. The third-order valence-electron chi connectivity index (χ3n) is 2.34. The van der Waals surface area contributed by atoms with Crippen LogP contribution in [0.3, 0.4) is 0 Å². The van der Waals surface area contributed by atoms with Gasteiger partial charge in [0.05, 0.1) is 0 Å². The number of hydrogen-bond donors (Lipinski definition) is 5. The predicted molar refractivity (Wildman–Crippen MR) is 41.0 cm³/mol. The molecule has 1 fully saturated rings. The van der Waals surface area contributed by atoms with E-state index in [1.54, 1.807) is 0 Å². The van der Waals surface area contributed by atoms with Gasteiger partial charge in [-0.15, -0.1) is 13.2 Å². The lowest BCUT2D eigenvalue weighted by molar-refractivity contribution is -0.377. The summed E-state index contributed by atoms with van der Waals surface area (Å²) in [7, 11) is 0. The molecule has 16 heavy (non-hydrogen) atoms. The van der Waals surface area contributed by atoms with Gasteiger partial charge in [-0.3, -0.25) is 4.74 Å². The fourth-order valence-corrected chi connectivity index (χ4v) is 1.49. The van der Waals surface area contributed by atoms with Gasteiger partial charge in [0.15, 0.2) is 0 Å². The first kappa shape index (κ1) is 13.6. The van der Waals surface area contributed by atoms with Crippen LogP contribution in [0.4, 0.5) is 13.2 Å². The summed E-state index contributed by atoms with van der Waals surface area (Å²) in [4.78, 5) is 0. The van der Waals surface area contributed by atoms with Gasteiger partial charge in [0.2, 0.25) is 0 Å². The molecule has 1 aliphatic carbocycles. The van der Waals surface area contributed by atoms with E-state index in [4.69, 9.17) is 25.5 Å². The lowest BCUT2D eigenvalue weighted by Crippen LogP contribution is -2.65. The highest BCUT2D eigenvalue weighted by Gasteiger charge is 2.52. The third kappa shape index (κ3) is 2.62. The highest BCUT2D eigenvalue weighted by Crippen LogP contribution is 2.29. The monoisotopic (exact) mass is 248 g/mol. The molecule has 0 aromatic carbocycles. The van der Waals surface area contributed by atoms with E-state index in [2.05, 4.69) is 4.74 Å². The minimum Gasteiger partial charge on any atom is -0.387 e. The molecule has 0 bridgehead atoms. The molecular weight excluding hydrogens is 237 g/mol. The zero-order chi connectivity index (χ0) is 12.7. The molecule has 0 spiro atoms. The Morgan fingerprint density at radius 3 is 1.31 bits per heavy atom. The largest absolute Gasteiger partial charge is 0.522 e. The van der Waals surface area contributed by atoms with E-state index < -0.39 is 43.0 Å². The molecule has 1 saturated carbocycles. The number of alkyl halides is 3. The van der Waals surface area contributed by atoms with Crippen LogP contribution in [0.15, 0.2) is 0 Å². The highest BCUT2D eigenvalue weighted by atomic mass is 19.4. The van der Waals surface area contributed by atoms with Crippen LogP contribution < -0.4 is 0 Å². The van der Waals surface area contributed by atoms with Crippen LogP contribution in [-0.2, 0) is 4.74 Å². The van der Waals surface area contributed by atoms with Crippen molar-refractivity contribution in [2.45, 2.75) is 43.0 Å². The average Bonchev–Trinajstić information content (AvgIpc) is 2.17. The molecule has 4 unspecified atom stereocenters. The Hall–Kier alpha value is -0.450. The molecule has 5 N–H and O–H groups in total. The molecule has 0 radical (unpaired) electrons. The second kappa shape index (κ2) is 4.43. The van der Waals surface area contributed by atoms with E-state index in [-0.39, 0.29) is 0 Å². The summed E-state index contributed by atoms with van der Waals surface area (Å²) >= 11 is 0. The summed E-state index contributed by atoms with van der Waals surface area (Å²) in [5.41, 5.74) is 0. The summed E-state index contributed by atoms with van der Waals surface area (Å²) in [6.07, 6.45) is -17.7. The summed E-state index contributed by atoms with van der Waals surface area (Å²) in [5.74, 6) is 0. The number of aliphatic hydroxyl groups excluding tert-OH is 5. The van der Waals surface area contributed by atoms with Gasteiger partial charge in [-0.2, -0.15) is 0 Å². The first-order chi connectivity index (χ1) is 7.15. The normalized spacial score (nSPS) is 45.8. The van der Waals surface area contributed by atoms with Gasteiger partial charge in [0, 0.05) is 0 Å². The van der Waals surface area contributed by atoms with Crippen LogP contribution in [0.25, 0.3) is 0 Å². The molecule has 0 aliphatic heterocycles. The average molecular weight is 248 g/mol. The van der Waals surface area contributed by atoms with E-state index in [9.17, 15) is 13.2 Å². The summed E-state index contributed by atoms with van der Waals surface area (Å²) in [5, 5.41) is 45.5. The van der Waals surface area contributed by atoms with Gasteiger partial charge in [0.1, 0.15) is 36.6 Å². The second-order valence-electron chi connectivity index (χ2n) is 3.48. The molecule has 4 atom stereocenters. The topological polar surface area (TPSA) is 110 Å². The molecule has 96 valence electrons. The van der Waals surface area contributed by atoms with Gasteiger partial charge in [-0.05, 0) is 0 Å². The Morgan fingerprint density at radius 1 is 0.688 bits per heavy atom. The fourth-order valence-electron chi connectivity index (χ4n) is 1.49. The van der Waals surface area contributed by atoms with Gasteiger partial charge in [-0.25, -0.2) is 0 Å². The quantitative estimate of drug-likeness (QED) is 0.357. The van der Waals surface area contributed by atoms with Crippen molar-refractivity contribution in [1.29, 1.82) is 0 Å². The minimum absolute atomic E-state index is 1.95. The van der Waals surface area contributed by atoms with Crippen molar-refractivity contribution in [3.8, 4) is 0 Å². The van der Waals surface area contributed by atoms with Crippen molar-refractivity contribution in [2.75, 3.05) is 0 Å². The minimum atomic E-state index is -5.14. The summed E-state index contributed by atoms with van der Waals surface area (Å²) in [6, 6.07) is 0. The van der Waals surface area contributed by atoms with Crippen LogP contribution in [0.5, 0.6) is 0 Å². The van der Waals surface area contributed by atoms with Crippen LogP contribution in [0, 0.1) is 0 Å². The first-order valence-corrected chi connectivity index (χ1v) is 4.30. The number of rotatable bonds is 1. The molecule has 0 aromatic rings. The van der Waals surface area contributed by atoms with Crippen LogP contribution >= 0.6 is 0 Å². The van der Waals surface area contributed by atoms with Crippen LogP contribution in [0.1, 0.15) is 0 Å². The Bertz CT molecular complexity index is 231. The standard InChI is InChI=1S/C7H11F3O6/c8-7(9,10)16-6-4(14)2(12)1(11)3(13)5(6)15/h1-6,11-15H. The number of hydrogen-bond acceptors (Lipinski definition) is 6. The highest BCUT2D eigenvalue weighted by molar-refractivity contribution is 4.99. The zero-order valence-corrected chi connectivity index (χ0v) is 7.74. The Morgan fingerprint density at radius 2 is 1.00 bits per heavy atom. The smallest absolute Gasteiger partial charge is 0.387 e. The van der Waals surface area contributed by atoms with Crippen molar-refractivity contribution in [3.63, 3.8) is 0 Å². The van der Waals surface area contributed by atoms with Crippen molar-refractivity contribution in [3.05, 3.63) is 0 Å². The van der Waals surface area contributed by atoms with E-state index in [1.807, 2.05) is 0 Å².